The zero-order valence-corrected chi connectivity index (χ0v) is 11.7. The molecule has 18 heavy (non-hydrogen) atoms. The average molecular weight is 252 g/mol. The third-order valence-corrected chi connectivity index (χ3v) is 3.46. The minimum absolute atomic E-state index is 0.138. The van der Waals surface area contributed by atoms with Crippen LogP contribution in [0.15, 0.2) is 18.2 Å². The highest BCUT2D eigenvalue weighted by Crippen LogP contribution is 2.14. The third-order valence-electron chi connectivity index (χ3n) is 3.46. The molecule has 0 aliphatic rings. The van der Waals surface area contributed by atoms with E-state index in [2.05, 4.69) is 25.7 Å². The third kappa shape index (κ3) is 4.39. The maximum Gasteiger partial charge on any atom is 0.128 e. The van der Waals surface area contributed by atoms with E-state index in [0.29, 0.717) is 19.0 Å². The van der Waals surface area contributed by atoms with Crippen molar-refractivity contribution >= 4 is 0 Å². The smallest absolute Gasteiger partial charge is 0.128 e. The van der Waals surface area contributed by atoms with Crippen molar-refractivity contribution in [2.75, 3.05) is 13.1 Å². The second kappa shape index (κ2) is 7.49. The van der Waals surface area contributed by atoms with Gasteiger partial charge in [0.15, 0.2) is 0 Å². The Balaban J connectivity index is 2.69. The summed E-state index contributed by atoms with van der Waals surface area (Å²) in [6.45, 7) is 9.58. The van der Waals surface area contributed by atoms with Crippen LogP contribution in [-0.2, 0) is 13.1 Å². The summed E-state index contributed by atoms with van der Waals surface area (Å²) in [5, 5.41) is 0. The Kier molecular flexibility index (Phi) is 6.30. The van der Waals surface area contributed by atoms with Gasteiger partial charge in [-0.1, -0.05) is 39.3 Å². The van der Waals surface area contributed by atoms with Crippen LogP contribution in [-0.4, -0.2) is 18.0 Å². The largest absolute Gasteiger partial charge is 0.326 e. The standard InChI is InChI=1S/C15H25FN2/c1-4-12(3)10-18(5-2)11-14-7-6-13(9-17)8-15(14)16/h6-8,12H,4-5,9-11,17H2,1-3H3. The first-order chi connectivity index (χ1) is 8.60. The molecule has 2 N–H and O–H groups in total. The maximum atomic E-state index is 13.9. The first-order valence-electron chi connectivity index (χ1n) is 6.80. The van der Waals surface area contributed by atoms with Gasteiger partial charge in [0.05, 0.1) is 0 Å². The molecule has 0 bridgehead atoms. The van der Waals surface area contributed by atoms with Crippen LogP contribution < -0.4 is 5.73 Å². The van der Waals surface area contributed by atoms with Crippen molar-refractivity contribution in [1.29, 1.82) is 0 Å². The molecular formula is C15H25FN2. The van der Waals surface area contributed by atoms with Crippen molar-refractivity contribution in [1.82, 2.24) is 4.90 Å². The summed E-state index contributed by atoms with van der Waals surface area (Å²) in [6.07, 6.45) is 1.16. The molecule has 0 heterocycles. The van der Waals surface area contributed by atoms with Gasteiger partial charge in [0.2, 0.25) is 0 Å². The Morgan fingerprint density at radius 3 is 2.56 bits per heavy atom. The van der Waals surface area contributed by atoms with Gasteiger partial charge in [0, 0.05) is 25.2 Å². The number of hydrogen-bond acceptors (Lipinski definition) is 2. The van der Waals surface area contributed by atoms with E-state index in [1.165, 1.54) is 0 Å². The summed E-state index contributed by atoms with van der Waals surface area (Å²) in [7, 11) is 0. The summed E-state index contributed by atoms with van der Waals surface area (Å²) < 4.78 is 13.9. The molecule has 0 aliphatic heterocycles. The topological polar surface area (TPSA) is 29.3 Å². The number of rotatable bonds is 7. The van der Waals surface area contributed by atoms with Crippen LogP contribution in [0.25, 0.3) is 0 Å². The molecule has 2 nitrogen and oxygen atoms in total. The minimum atomic E-state index is -0.138. The van der Waals surface area contributed by atoms with Crippen LogP contribution in [0, 0.1) is 11.7 Å². The number of hydrogen-bond donors (Lipinski definition) is 1. The molecule has 0 saturated heterocycles. The lowest BCUT2D eigenvalue weighted by atomic mass is 10.1. The maximum absolute atomic E-state index is 13.9. The van der Waals surface area contributed by atoms with Gasteiger partial charge in [-0.15, -0.1) is 0 Å². The Hall–Kier alpha value is -0.930. The Labute approximate surface area is 110 Å². The average Bonchev–Trinajstić information content (AvgIpc) is 2.39. The Morgan fingerprint density at radius 1 is 1.33 bits per heavy atom. The highest BCUT2D eigenvalue weighted by molar-refractivity contribution is 5.24. The van der Waals surface area contributed by atoms with Crippen molar-refractivity contribution in [2.24, 2.45) is 11.7 Å². The van der Waals surface area contributed by atoms with Gasteiger partial charge in [-0.2, -0.15) is 0 Å². The SMILES string of the molecule is CCC(C)CN(CC)Cc1ccc(CN)cc1F. The van der Waals surface area contributed by atoms with Crippen LogP contribution in [0.1, 0.15) is 38.3 Å². The van der Waals surface area contributed by atoms with E-state index in [1.54, 1.807) is 6.07 Å². The van der Waals surface area contributed by atoms with Crippen LogP contribution in [0.3, 0.4) is 0 Å². The first kappa shape index (κ1) is 15.1. The molecule has 3 heteroatoms. The van der Waals surface area contributed by atoms with E-state index in [9.17, 15) is 4.39 Å². The number of nitrogens with zero attached hydrogens (tertiary/aromatic N) is 1. The molecule has 0 amide bonds. The quantitative estimate of drug-likeness (QED) is 0.807. The summed E-state index contributed by atoms with van der Waals surface area (Å²) in [6, 6.07) is 5.32. The lowest BCUT2D eigenvalue weighted by molar-refractivity contribution is 0.235. The predicted molar refractivity (Wildman–Crippen MR) is 74.7 cm³/mol. The van der Waals surface area contributed by atoms with Crippen molar-refractivity contribution in [3.63, 3.8) is 0 Å². The van der Waals surface area contributed by atoms with Gasteiger partial charge in [-0.05, 0) is 24.1 Å². The highest BCUT2D eigenvalue weighted by Gasteiger charge is 2.11. The number of benzene rings is 1. The fourth-order valence-electron chi connectivity index (χ4n) is 1.96. The van der Waals surface area contributed by atoms with Crippen LogP contribution in [0.2, 0.25) is 0 Å². The molecule has 102 valence electrons. The van der Waals surface area contributed by atoms with E-state index in [4.69, 9.17) is 5.73 Å². The monoisotopic (exact) mass is 252 g/mol. The molecular weight excluding hydrogens is 227 g/mol. The van der Waals surface area contributed by atoms with E-state index >= 15 is 0 Å². The lowest BCUT2D eigenvalue weighted by Gasteiger charge is -2.24. The molecule has 0 fully saturated rings. The van der Waals surface area contributed by atoms with Gasteiger partial charge >= 0.3 is 0 Å². The molecule has 0 aromatic heterocycles. The molecule has 0 spiro atoms. The fourth-order valence-corrected chi connectivity index (χ4v) is 1.96. The predicted octanol–water partition coefficient (Wildman–Crippen LogP) is 3.15. The van der Waals surface area contributed by atoms with E-state index < -0.39 is 0 Å². The summed E-state index contributed by atoms with van der Waals surface area (Å²) >= 11 is 0. The highest BCUT2D eigenvalue weighted by atomic mass is 19.1. The van der Waals surface area contributed by atoms with Crippen molar-refractivity contribution in [2.45, 2.75) is 40.3 Å². The molecule has 0 radical (unpaired) electrons. The summed E-state index contributed by atoms with van der Waals surface area (Å²) in [5.74, 6) is 0.511. The second-order valence-corrected chi connectivity index (χ2v) is 4.97. The second-order valence-electron chi connectivity index (χ2n) is 4.97. The van der Waals surface area contributed by atoms with Gasteiger partial charge in [0.25, 0.3) is 0 Å². The lowest BCUT2D eigenvalue weighted by Crippen LogP contribution is -2.28. The molecule has 0 saturated carbocycles. The van der Waals surface area contributed by atoms with Gasteiger partial charge in [-0.3, -0.25) is 4.90 Å². The Morgan fingerprint density at radius 2 is 2.06 bits per heavy atom. The molecule has 1 atom stereocenters. The number of halogens is 1. The molecule has 1 rings (SSSR count). The minimum Gasteiger partial charge on any atom is -0.326 e. The van der Waals surface area contributed by atoms with Crippen molar-refractivity contribution < 1.29 is 4.39 Å². The van der Waals surface area contributed by atoms with Gasteiger partial charge < -0.3 is 5.73 Å². The molecule has 1 aromatic rings. The fraction of sp³-hybridized carbons (Fsp3) is 0.600. The molecule has 1 unspecified atom stereocenters. The Bertz CT molecular complexity index is 366. The number of nitrogens with two attached hydrogens (primary N) is 1. The van der Waals surface area contributed by atoms with Crippen molar-refractivity contribution in [3.8, 4) is 0 Å². The van der Waals surface area contributed by atoms with Crippen LogP contribution in [0.5, 0.6) is 0 Å². The summed E-state index contributed by atoms with van der Waals surface area (Å²) in [5.41, 5.74) is 7.11. The first-order valence-corrected chi connectivity index (χ1v) is 6.80. The zero-order chi connectivity index (χ0) is 13.5. The van der Waals surface area contributed by atoms with Crippen LogP contribution in [0.4, 0.5) is 4.39 Å². The molecule has 1 aromatic carbocycles. The molecule has 0 aliphatic carbocycles. The van der Waals surface area contributed by atoms with Crippen LogP contribution >= 0.6 is 0 Å². The van der Waals surface area contributed by atoms with Crippen molar-refractivity contribution in [3.05, 3.63) is 35.1 Å². The zero-order valence-electron chi connectivity index (χ0n) is 11.7. The van der Waals surface area contributed by atoms with E-state index in [-0.39, 0.29) is 5.82 Å². The van der Waals surface area contributed by atoms with Gasteiger partial charge in [-0.25, -0.2) is 4.39 Å². The van der Waals surface area contributed by atoms with Gasteiger partial charge in [0.1, 0.15) is 5.82 Å². The van der Waals surface area contributed by atoms with E-state index in [0.717, 1.165) is 30.6 Å². The van der Waals surface area contributed by atoms with E-state index in [1.807, 2.05) is 12.1 Å². The normalized spacial score (nSPS) is 13.0. The summed E-state index contributed by atoms with van der Waals surface area (Å²) in [4.78, 5) is 2.29.